The van der Waals surface area contributed by atoms with Crippen LogP contribution in [-0.4, -0.2) is 51.3 Å². The maximum atomic E-state index is 13.1. The Morgan fingerprint density at radius 2 is 1.88 bits per heavy atom. The fraction of sp³-hybridized carbons (Fsp3) is 0.469. The van der Waals surface area contributed by atoms with E-state index in [2.05, 4.69) is 0 Å². The number of phenols is 2. The van der Waals surface area contributed by atoms with Gasteiger partial charge >= 0.3 is 0 Å². The van der Waals surface area contributed by atoms with E-state index in [1.54, 1.807) is 29.0 Å². The molecule has 0 spiro atoms. The lowest BCUT2D eigenvalue weighted by Gasteiger charge is -2.37. The van der Waals surface area contributed by atoms with Crippen LogP contribution in [0.1, 0.15) is 56.1 Å². The second-order valence-electron chi connectivity index (χ2n) is 11.1. The number of aromatic hydroxyl groups is 2. The summed E-state index contributed by atoms with van der Waals surface area (Å²) in [6.45, 7) is 0.156. The zero-order valence-corrected chi connectivity index (χ0v) is 24.5. The summed E-state index contributed by atoms with van der Waals surface area (Å²) >= 11 is 0. The van der Waals surface area contributed by atoms with Crippen molar-refractivity contribution in [3.05, 3.63) is 53.6 Å². The Labute approximate surface area is 243 Å². The minimum atomic E-state index is -0.649. The molecule has 3 aromatic rings. The van der Waals surface area contributed by atoms with E-state index in [4.69, 9.17) is 4.74 Å². The van der Waals surface area contributed by atoms with Gasteiger partial charge in [0.15, 0.2) is 11.5 Å². The van der Waals surface area contributed by atoms with Gasteiger partial charge in [-0.15, -0.1) is 0 Å². The number of methoxy groups -OCH3 is 1. The van der Waals surface area contributed by atoms with Crippen molar-refractivity contribution in [2.45, 2.75) is 68.5 Å². The van der Waals surface area contributed by atoms with Gasteiger partial charge in [-0.3, -0.25) is 4.79 Å². The summed E-state index contributed by atoms with van der Waals surface area (Å²) in [5.41, 5.74) is 3.62. The van der Waals surface area contributed by atoms with E-state index in [9.17, 15) is 25.2 Å². The van der Waals surface area contributed by atoms with Gasteiger partial charge in [0.2, 0.25) is 0 Å². The maximum Gasteiger partial charge on any atom is 0.168 e. The monoisotopic (exact) mass is 582 g/mol. The Morgan fingerprint density at radius 1 is 1.05 bits per heavy atom. The number of carbonyl (C=O) groups is 1. The predicted molar refractivity (Wildman–Crippen MR) is 163 cm³/mol. The zero-order chi connectivity index (χ0) is 28.2. The standard InChI is InChI=1S/C32H38O6S2/c1-38-32-28(36)12-7-20-5-10-24(35)17-29(37)21-8-13-30(22(15-21)3-2-14-33)40-39-18-27-25(31(20)32)11-6-19-4-9-23(34)16-26(19)27/h4,6-7,9,11-12,16,21-22,29-30,33-34,36-37H,2-3,5,8,10,13-15,17-18H2,1H3/t21-,22+,29-,30+/m0/s1. The van der Waals surface area contributed by atoms with Crippen molar-refractivity contribution in [2.75, 3.05) is 13.7 Å². The predicted octanol–water partition coefficient (Wildman–Crippen LogP) is 6.63. The Bertz CT molecular complexity index is 1360. The normalized spacial score (nSPS) is 24.0. The molecule has 0 unspecified atom stereocenters. The van der Waals surface area contributed by atoms with Gasteiger partial charge in [0.25, 0.3) is 0 Å². The fourth-order valence-corrected chi connectivity index (χ4v) is 9.59. The maximum absolute atomic E-state index is 13.1. The molecule has 6 nitrogen and oxygen atoms in total. The van der Waals surface area contributed by atoms with Crippen molar-refractivity contribution < 1.29 is 30.0 Å². The number of phenolic OH excluding ortho intramolecular Hbond substituents is 2. The van der Waals surface area contributed by atoms with Crippen LogP contribution >= 0.6 is 21.6 Å². The molecule has 214 valence electrons. The molecule has 2 bridgehead atoms. The van der Waals surface area contributed by atoms with E-state index < -0.39 is 6.10 Å². The van der Waals surface area contributed by atoms with Crippen LogP contribution in [0.2, 0.25) is 0 Å². The average Bonchev–Trinajstić information content (AvgIpc) is 2.95. The molecule has 2 aliphatic heterocycles. The fourth-order valence-electron chi connectivity index (χ4n) is 6.44. The third-order valence-electron chi connectivity index (χ3n) is 8.55. The van der Waals surface area contributed by atoms with Crippen molar-refractivity contribution in [1.82, 2.24) is 0 Å². The number of hydrogen-bond donors (Lipinski definition) is 4. The first kappa shape index (κ1) is 29.1. The van der Waals surface area contributed by atoms with Crippen LogP contribution < -0.4 is 4.74 Å². The van der Waals surface area contributed by atoms with E-state index in [0.717, 1.165) is 65.1 Å². The third kappa shape index (κ3) is 6.25. The number of aliphatic hydroxyl groups excluding tert-OH is 2. The highest BCUT2D eigenvalue weighted by atomic mass is 33.1. The molecule has 0 saturated heterocycles. The Hall–Kier alpha value is -2.39. The Balaban J connectivity index is 1.62. The molecule has 0 aromatic heterocycles. The lowest BCUT2D eigenvalue weighted by atomic mass is 9.75. The average molecular weight is 583 g/mol. The summed E-state index contributed by atoms with van der Waals surface area (Å²) in [7, 11) is 5.20. The summed E-state index contributed by atoms with van der Waals surface area (Å²) < 4.78 is 5.72. The van der Waals surface area contributed by atoms with E-state index >= 15 is 0 Å². The van der Waals surface area contributed by atoms with Gasteiger partial charge in [0.05, 0.1) is 13.2 Å². The van der Waals surface area contributed by atoms with Crippen molar-refractivity contribution in [3.63, 3.8) is 0 Å². The number of hydrogen-bond acceptors (Lipinski definition) is 8. The van der Waals surface area contributed by atoms with Crippen LogP contribution in [0.5, 0.6) is 17.2 Å². The molecule has 1 aliphatic carbocycles. The van der Waals surface area contributed by atoms with Gasteiger partial charge in [-0.05, 0) is 96.0 Å². The number of Topliss-reactive ketones (excluding diaryl/α,β-unsaturated/α-hetero) is 1. The van der Waals surface area contributed by atoms with Crippen LogP contribution in [0, 0.1) is 11.8 Å². The number of fused-ring (bicyclic) bond motifs is 9. The molecule has 4 N–H and O–H groups in total. The number of rotatable bonds is 4. The second-order valence-corrected chi connectivity index (χ2v) is 13.7. The lowest BCUT2D eigenvalue weighted by Crippen LogP contribution is -2.34. The molecular weight excluding hydrogens is 544 g/mol. The quantitative estimate of drug-likeness (QED) is 0.254. The van der Waals surface area contributed by atoms with Gasteiger partial charge < -0.3 is 25.2 Å². The Kier molecular flexibility index (Phi) is 9.51. The van der Waals surface area contributed by atoms with Crippen molar-refractivity contribution in [1.29, 1.82) is 0 Å². The summed E-state index contributed by atoms with van der Waals surface area (Å²) in [6, 6.07) is 12.9. The molecule has 2 heterocycles. The molecule has 40 heavy (non-hydrogen) atoms. The molecule has 0 radical (unpaired) electrons. The van der Waals surface area contributed by atoms with E-state index in [-0.39, 0.29) is 42.6 Å². The highest BCUT2D eigenvalue weighted by molar-refractivity contribution is 8.76. The first-order valence-corrected chi connectivity index (χ1v) is 16.5. The topological polar surface area (TPSA) is 107 Å². The number of aryl methyl sites for hydroxylation is 1. The SMILES string of the molecule is COc1c(O)ccc2c1-c1ccc3ccc(O)cc3c1CSS[C@@H]1CC[C@@H](C[C@H]1CCCO)[C@@H](O)CC(=O)CC2. The molecule has 1 fully saturated rings. The van der Waals surface area contributed by atoms with E-state index in [1.807, 2.05) is 35.1 Å². The van der Waals surface area contributed by atoms with Crippen LogP contribution in [0.15, 0.2) is 42.5 Å². The first-order valence-electron chi connectivity index (χ1n) is 14.1. The highest BCUT2D eigenvalue weighted by Gasteiger charge is 2.35. The molecular formula is C32H38O6S2. The van der Waals surface area contributed by atoms with Crippen LogP contribution in [-0.2, 0) is 17.0 Å². The number of aliphatic hydroxyl groups is 2. The minimum Gasteiger partial charge on any atom is -0.508 e. The summed E-state index contributed by atoms with van der Waals surface area (Å²) in [5.74, 6) is 1.76. The zero-order valence-electron chi connectivity index (χ0n) is 22.8. The number of ketones is 1. The van der Waals surface area contributed by atoms with Gasteiger partial charge in [-0.25, -0.2) is 0 Å². The molecule has 3 aromatic carbocycles. The van der Waals surface area contributed by atoms with Crippen LogP contribution in [0.3, 0.4) is 0 Å². The van der Waals surface area contributed by atoms with Gasteiger partial charge in [-0.1, -0.05) is 45.9 Å². The largest absolute Gasteiger partial charge is 0.508 e. The molecule has 1 saturated carbocycles. The minimum absolute atomic E-state index is 0.0280. The molecule has 8 heteroatoms. The highest BCUT2D eigenvalue weighted by Crippen LogP contribution is 2.49. The molecule has 4 atom stereocenters. The van der Waals surface area contributed by atoms with Crippen molar-refractivity contribution in [2.24, 2.45) is 11.8 Å². The van der Waals surface area contributed by atoms with Crippen LogP contribution in [0.25, 0.3) is 21.9 Å². The van der Waals surface area contributed by atoms with Gasteiger partial charge in [0.1, 0.15) is 11.5 Å². The molecule has 3 aliphatic rings. The van der Waals surface area contributed by atoms with Gasteiger partial charge in [-0.2, -0.15) is 0 Å². The summed E-state index contributed by atoms with van der Waals surface area (Å²) in [5, 5.41) is 44.1. The molecule has 0 amide bonds. The first-order chi connectivity index (χ1) is 19.4. The van der Waals surface area contributed by atoms with Crippen molar-refractivity contribution >= 4 is 38.1 Å². The van der Waals surface area contributed by atoms with E-state index in [1.165, 1.54) is 7.11 Å². The lowest BCUT2D eigenvalue weighted by molar-refractivity contribution is -0.122. The number of carbonyl (C=O) groups excluding carboxylic acids is 1. The van der Waals surface area contributed by atoms with E-state index in [0.29, 0.717) is 29.1 Å². The third-order valence-corrected chi connectivity index (χ3v) is 11.5. The smallest absolute Gasteiger partial charge is 0.168 e. The molecule has 6 rings (SSSR count). The Morgan fingerprint density at radius 3 is 2.67 bits per heavy atom. The van der Waals surface area contributed by atoms with Crippen LogP contribution in [0.4, 0.5) is 0 Å². The van der Waals surface area contributed by atoms with Crippen molar-refractivity contribution in [3.8, 4) is 28.4 Å². The number of benzene rings is 3. The van der Waals surface area contributed by atoms with Gasteiger partial charge in [0, 0.05) is 36.0 Å². The number of ether oxygens (including phenoxy) is 1. The summed E-state index contributed by atoms with van der Waals surface area (Å²) in [4.78, 5) is 13.1. The summed E-state index contributed by atoms with van der Waals surface area (Å²) in [6.07, 6.45) is 4.63. The second kappa shape index (κ2) is 13.1.